The maximum atomic E-state index is 10.9. The maximum absolute atomic E-state index is 10.9. The van der Waals surface area contributed by atoms with E-state index in [0.29, 0.717) is 6.42 Å². The summed E-state index contributed by atoms with van der Waals surface area (Å²) >= 11 is 0. The van der Waals surface area contributed by atoms with Gasteiger partial charge in [-0.2, -0.15) is 0 Å². The lowest BCUT2D eigenvalue weighted by atomic mass is 10.0. The molecule has 0 aliphatic heterocycles. The van der Waals surface area contributed by atoms with Gasteiger partial charge in [-0.15, -0.1) is 0 Å². The summed E-state index contributed by atoms with van der Waals surface area (Å²) in [6, 6.07) is 0. The van der Waals surface area contributed by atoms with Crippen LogP contribution in [0.4, 0.5) is 0 Å². The molecule has 0 amide bonds. The normalized spacial score (nSPS) is 14.4. The number of Topliss-reactive ketones (excluding diaryl/α,β-unsaturated/α-hetero) is 1. The van der Waals surface area contributed by atoms with Crippen LogP contribution in [0.15, 0.2) is 0 Å². The van der Waals surface area contributed by atoms with Gasteiger partial charge in [0.05, 0.1) is 6.61 Å². The number of aliphatic hydroxyl groups is 4. The molecule has 5 heteroatoms. The van der Waals surface area contributed by atoms with Crippen molar-refractivity contribution in [3.8, 4) is 0 Å². The van der Waals surface area contributed by atoms with Gasteiger partial charge in [-0.3, -0.25) is 4.79 Å². The van der Waals surface area contributed by atoms with Crippen LogP contribution in [0, 0.1) is 0 Å². The summed E-state index contributed by atoms with van der Waals surface area (Å²) in [6.45, 7) is 0.866. The molecule has 5 nitrogen and oxygen atoms in total. The first-order chi connectivity index (χ1) is 5.45. The number of aliphatic hydroxyl groups excluding tert-OH is 2. The van der Waals surface area contributed by atoms with Gasteiger partial charge >= 0.3 is 0 Å². The number of rotatable bonds is 5. The van der Waals surface area contributed by atoms with E-state index in [1.807, 2.05) is 0 Å². The van der Waals surface area contributed by atoms with Crippen molar-refractivity contribution in [2.45, 2.75) is 31.7 Å². The molecule has 0 aliphatic carbocycles. The summed E-state index contributed by atoms with van der Waals surface area (Å²) < 4.78 is 0. The van der Waals surface area contributed by atoms with Gasteiger partial charge in [0, 0.05) is 6.42 Å². The van der Waals surface area contributed by atoms with Crippen LogP contribution in [0.2, 0.25) is 0 Å². The zero-order chi connectivity index (χ0) is 9.78. The molecule has 72 valence electrons. The molecule has 0 aromatic rings. The van der Waals surface area contributed by atoms with Gasteiger partial charge < -0.3 is 20.4 Å². The van der Waals surface area contributed by atoms with Gasteiger partial charge in [0.15, 0.2) is 0 Å². The van der Waals surface area contributed by atoms with Crippen molar-refractivity contribution in [1.82, 2.24) is 0 Å². The Morgan fingerprint density at radius 2 is 2.00 bits per heavy atom. The second-order valence-electron chi connectivity index (χ2n) is 2.63. The van der Waals surface area contributed by atoms with Gasteiger partial charge in [0.25, 0.3) is 0 Å². The van der Waals surface area contributed by atoms with Crippen LogP contribution in [-0.2, 0) is 4.79 Å². The molecule has 0 bridgehead atoms. The van der Waals surface area contributed by atoms with Crippen LogP contribution in [0.1, 0.15) is 19.8 Å². The fraction of sp³-hybridized carbons (Fsp3) is 0.857. The predicted octanol–water partition coefficient (Wildman–Crippen LogP) is -1.61. The Morgan fingerprint density at radius 1 is 1.50 bits per heavy atom. The second-order valence-corrected chi connectivity index (χ2v) is 2.63. The van der Waals surface area contributed by atoms with Crippen molar-refractivity contribution in [2.75, 3.05) is 6.61 Å². The Balaban J connectivity index is 4.24. The van der Waals surface area contributed by atoms with Gasteiger partial charge in [-0.25, -0.2) is 0 Å². The molecule has 0 saturated heterocycles. The molecule has 0 spiro atoms. The topological polar surface area (TPSA) is 98.0 Å². The zero-order valence-corrected chi connectivity index (χ0v) is 6.90. The number of carbonyl (C=O) groups excluding carboxylic acids is 1. The van der Waals surface area contributed by atoms with Crippen LogP contribution < -0.4 is 0 Å². The van der Waals surface area contributed by atoms with E-state index in [0.717, 1.165) is 0 Å². The minimum atomic E-state index is -2.52. The first kappa shape index (κ1) is 11.5. The second kappa shape index (κ2) is 4.51. The molecular weight excluding hydrogens is 164 g/mol. The minimum Gasteiger partial charge on any atom is -0.393 e. The number of carbonyl (C=O) groups is 1. The summed E-state index contributed by atoms with van der Waals surface area (Å²) in [5, 5.41) is 35.2. The molecule has 0 heterocycles. The molecule has 12 heavy (non-hydrogen) atoms. The van der Waals surface area contributed by atoms with E-state index in [1.54, 1.807) is 6.92 Å². The Kier molecular flexibility index (Phi) is 4.33. The molecule has 0 fully saturated rings. The van der Waals surface area contributed by atoms with E-state index >= 15 is 0 Å². The standard InChI is InChI=1S/C7H14O5/c1-2-3-7(11,12)6(10)5(9)4-8/h5,8-9,11-12H,2-4H2,1H3. The monoisotopic (exact) mass is 178 g/mol. The van der Waals surface area contributed by atoms with E-state index in [1.165, 1.54) is 0 Å². The number of ketones is 1. The lowest BCUT2D eigenvalue weighted by Gasteiger charge is -2.21. The van der Waals surface area contributed by atoms with Gasteiger partial charge in [0.1, 0.15) is 6.10 Å². The van der Waals surface area contributed by atoms with Gasteiger partial charge in [0.2, 0.25) is 11.6 Å². The summed E-state index contributed by atoms with van der Waals surface area (Å²) in [4.78, 5) is 10.9. The van der Waals surface area contributed by atoms with Crippen molar-refractivity contribution in [3.63, 3.8) is 0 Å². The molecular formula is C7H14O5. The highest BCUT2D eigenvalue weighted by Crippen LogP contribution is 2.11. The minimum absolute atomic E-state index is 0.150. The number of hydrogen-bond donors (Lipinski definition) is 4. The first-order valence-electron chi connectivity index (χ1n) is 3.73. The predicted molar refractivity (Wildman–Crippen MR) is 40.2 cm³/mol. The van der Waals surface area contributed by atoms with Crippen LogP contribution in [-0.4, -0.2) is 44.7 Å². The highest BCUT2D eigenvalue weighted by atomic mass is 16.5. The van der Waals surface area contributed by atoms with Gasteiger partial charge in [-0.05, 0) is 0 Å². The molecule has 0 radical (unpaired) electrons. The third-order valence-electron chi connectivity index (χ3n) is 1.47. The van der Waals surface area contributed by atoms with Crippen molar-refractivity contribution in [1.29, 1.82) is 0 Å². The maximum Gasteiger partial charge on any atom is 0.226 e. The van der Waals surface area contributed by atoms with Crippen LogP contribution in [0.25, 0.3) is 0 Å². The molecule has 4 N–H and O–H groups in total. The third-order valence-corrected chi connectivity index (χ3v) is 1.47. The largest absolute Gasteiger partial charge is 0.393 e. The Morgan fingerprint density at radius 3 is 2.33 bits per heavy atom. The highest BCUT2D eigenvalue weighted by molar-refractivity contribution is 5.89. The lowest BCUT2D eigenvalue weighted by Crippen LogP contribution is -2.46. The van der Waals surface area contributed by atoms with Crippen LogP contribution in [0.3, 0.4) is 0 Å². The molecule has 0 aliphatic rings. The quantitative estimate of drug-likeness (QED) is 0.380. The van der Waals surface area contributed by atoms with E-state index in [2.05, 4.69) is 0 Å². The SMILES string of the molecule is CCCC(O)(O)C(=O)C(O)CO. The van der Waals surface area contributed by atoms with Crippen molar-refractivity contribution in [3.05, 3.63) is 0 Å². The van der Waals surface area contributed by atoms with Crippen molar-refractivity contribution in [2.24, 2.45) is 0 Å². The fourth-order valence-electron chi connectivity index (χ4n) is 0.822. The van der Waals surface area contributed by atoms with E-state index in [9.17, 15) is 4.79 Å². The average molecular weight is 178 g/mol. The number of hydrogen-bond acceptors (Lipinski definition) is 5. The summed E-state index contributed by atoms with van der Waals surface area (Å²) in [7, 11) is 0. The Bertz CT molecular complexity index is 154. The molecule has 1 atom stereocenters. The van der Waals surface area contributed by atoms with Crippen molar-refractivity contribution < 1.29 is 25.2 Å². The molecule has 0 aromatic carbocycles. The van der Waals surface area contributed by atoms with E-state index in [4.69, 9.17) is 20.4 Å². The van der Waals surface area contributed by atoms with Crippen LogP contribution >= 0.6 is 0 Å². The summed E-state index contributed by atoms with van der Waals surface area (Å²) in [5.74, 6) is -3.68. The summed E-state index contributed by atoms with van der Waals surface area (Å²) in [5.41, 5.74) is 0. The fourth-order valence-corrected chi connectivity index (χ4v) is 0.822. The Labute approximate surface area is 70.3 Å². The van der Waals surface area contributed by atoms with Crippen LogP contribution in [0.5, 0.6) is 0 Å². The third kappa shape index (κ3) is 2.86. The zero-order valence-electron chi connectivity index (χ0n) is 6.90. The van der Waals surface area contributed by atoms with E-state index in [-0.39, 0.29) is 6.42 Å². The Hall–Kier alpha value is -0.490. The van der Waals surface area contributed by atoms with Crippen molar-refractivity contribution >= 4 is 5.78 Å². The highest BCUT2D eigenvalue weighted by Gasteiger charge is 2.36. The lowest BCUT2D eigenvalue weighted by molar-refractivity contribution is -0.194. The first-order valence-corrected chi connectivity index (χ1v) is 3.73. The molecule has 0 rings (SSSR count). The van der Waals surface area contributed by atoms with E-state index < -0.39 is 24.3 Å². The average Bonchev–Trinajstić information content (AvgIpc) is 2.01. The summed E-state index contributed by atoms with van der Waals surface area (Å²) in [6.07, 6.45) is -1.47. The molecule has 0 saturated carbocycles. The molecule has 0 aromatic heterocycles. The smallest absolute Gasteiger partial charge is 0.226 e. The van der Waals surface area contributed by atoms with Gasteiger partial charge in [-0.1, -0.05) is 13.3 Å². The molecule has 1 unspecified atom stereocenters.